The lowest BCUT2D eigenvalue weighted by atomic mass is 9.84. The first kappa shape index (κ1) is 14.4. The van der Waals surface area contributed by atoms with Crippen LogP contribution in [0, 0.1) is 11.3 Å². The molecule has 1 aliphatic rings. The topological polar surface area (TPSA) is 82.0 Å². The molecule has 0 saturated heterocycles. The number of rotatable bonds is 3. The van der Waals surface area contributed by atoms with Gasteiger partial charge in [-0.15, -0.1) is 0 Å². The summed E-state index contributed by atoms with van der Waals surface area (Å²) in [6.45, 7) is 5.31. The van der Waals surface area contributed by atoms with Crippen LogP contribution in [0.4, 0.5) is 0 Å². The molecule has 0 aromatic carbocycles. The van der Waals surface area contributed by atoms with Gasteiger partial charge in [-0.2, -0.15) is 23.1 Å². The normalized spacial score (nSPS) is 20.8. The smallest absolute Gasteiger partial charge is 0.197 e. The van der Waals surface area contributed by atoms with Crippen molar-refractivity contribution < 1.29 is 8.42 Å². The summed E-state index contributed by atoms with van der Waals surface area (Å²) in [4.78, 5) is 0. The predicted octanol–water partition coefficient (Wildman–Crippen LogP) is 1.44. The van der Waals surface area contributed by atoms with Crippen LogP contribution in [0.5, 0.6) is 0 Å². The summed E-state index contributed by atoms with van der Waals surface area (Å²) in [6, 6.07) is 2.13. The van der Waals surface area contributed by atoms with Crippen LogP contribution in [0.25, 0.3) is 0 Å². The summed E-state index contributed by atoms with van der Waals surface area (Å²) in [6.07, 6.45) is 4.04. The van der Waals surface area contributed by atoms with Gasteiger partial charge < -0.3 is 0 Å². The van der Waals surface area contributed by atoms with Crippen molar-refractivity contribution in [3.05, 3.63) is 0 Å². The van der Waals surface area contributed by atoms with E-state index in [1.807, 2.05) is 0 Å². The van der Waals surface area contributed by atoms with Crippen LogP contribution in [0.2, 0.25) is 0 Å². The van der Waals surface area contributed by atoms with E-state index in [-0.39, 0.29) is 0 Å². The van der Waals surface area contributed by atoms with Crippen LogP contribution in [0.15, 0.2) is 0 Å². The van der Waals surface area contributed by atoms with Gasteiger partial charge in [0.15, 0.2) is 0 Å². The standard InChI is InChI=1S/C11H21N3O2S/c1-10(2,3)13-17(15,16)14-11(9-12)7-5-4-6-8-11/h13-14H,4-8H2,1-3H3. The van der Waals surface area contributed by atoms with Gasteiger partial charge in [0, 0.05) is 5.54 Å². The molecule has 5 nitrogen and oxygen atoms in total. The van der Waals surface area contributed by atoms with Gasteiger partial charge in [-0.05, 0) is 33.6 Å². The van der Waals surface area contributed by atoms with E-state index in [1.165, 1.54) is 0 Å². The summed E-state index contributed by atoms with van der Waals surface area (Å²) in [5.41, 5.74) is -1.47. The van der Waals surface area contributed by atoms with Crippen LogP contribution in [0.1, 0.15) is 52.9 Å². The molecule has 1 saturated carbocycles. The van der Waals surface area contributed by atoms with Crippen molar-refractivity contribution in [2.45, 2.75) is 64.0 Å². The van der Waals surface area contributed by atoms with Crippen LogP contribution in [-0.4, -0.2) is 19.5 Å². The maximum absolute atomic E-state index is 11.9. The van der Waals surface area contributed by atoms with Crippen molar-refractivity contribution >= 4 is 10.2 Å². The molecule has 0 aromatic heterocycles. The fraction of sp³-hybridized carbons (Fsp3) is 0.909. The molecule has 0 radical (unpaired) electrons. The van der Waals surface area contributed by atoms with Gasteiger partial charge in [-0.25, -0.2) is 0 Å². The minimum absolute atomic E-state index is 0.544. The molecule has 1 rings (SSSR count). The zero-order chi connectivity index (χ0) is 13.2. The van der Waals surface area contributed by atoms with Crippen molar-refractivity contribution in [2.75, 3.05) is 0 Å². The zero-order valence-corrected chi connectivity index (χ0v) is 11.5. The van der Waals surface area contributed by atoms with E-state index in [2.05, 4.69) is 15.5 Å². The van der Waals surface area contributed by atoms with E-state index in [0.717, 1.165) is 19.3 Å². The predicted molar refractivity (Wildman–Crippen MR) is 66.4 cm³/mol. The molecule has 6 heteroatoms. The van der Waals surface area contributed by atoms with Crippen molar-refractivity contribution in [2.24, 2.45) is 0 Å². The monoisotopic (exact) mass is 259 g/mol. The van der Waals surface area contributed by atoms with Gasteiger partial charge in [-0.3, -0.25) is 0 Å². The average Bonchev–Trinajstić information content (AvgIpc) is 2.14. The second-order valence-electron chi connectivity index (χ2n) is 5.71. The highest BCUT2D eigenvalue weighted by Gasteiger charge is 2.37. The summed E-state index contributed by atoms with van der Waals surface area (Å²) >= 11 is 0. The number of hydrogen-bond acceptors (Lipinski definition) is 3. The Kier molecular flexibility index (Phi) is 4.18. The molecule has 0 aromatic rings. The van der Waals surface area contributed by atoms with Gasteiger partial charge in [0.1, 0.15) is 5.54 Å². The van der Waals surface area contributed by atoms with Crippen LogP contribution in [-0.2, 0) is 10.2 Å². The SMILES string of the molecule is CC(C)(C)NS(=O)(=O)NC1(C#N)CCCCC1. The lowest BCUT2D eigenvalue weighted by Gasteiger charge is -2.32. The van der Waals surface area contributed by atoms with Crippen LogP contribution < -0.4 is 9.44 Å². The highest BCUT2D eigenvalue weighted by molar-refractivity contribution is 7.87. The zero-order valence-electron chi connectivity index (χ0n) is 10.7. The Labute approximate surface area is 104 Å². The Morgan fingerprint density at radius 3 is 2.12 bits per heavy atom. The molecule has 0 heterocycles. The molecule has 0 atom stereocenters. The van der Waals surface area contributed by atoms with Crippen molar-refractivity contribution in [1.82, 2.24) is 9.44 Å². The molecule has 0 bridgehead atoms. The highest BCUT2D eigenvalue weighted by Crippen LogP contribution is 2.28. The lowest BCUT2D eigenvalue weighted by Crippen LogP contribution is -2.56. The fourth-order valence-electron chi connectivity index (χ4n) is 2.08. The second-order valence-corrected chi connectivity index (χ2v) is 7.13. The van der Waals surface area contributed by atoms with Gasteiger partial charge in [0.2, 0.25) is 0 Å². The molecule has 0 aliphatic heterocycles. The van der Waals surface area contributed by atoms with Gasteiger partial charge in [0.25, 0.3) is 10.2 Å². The Balaban J connectivity index is 2.78. The first-order valence-corrected chi connectivity index (χ1v) is 7.41. The number of nitrogens with zero attached hydrogens (tertiary/aromatic N) is 1. The van der Waals surface area contributed by atoms with E-state index < -0.39 is 21.3 Å². The molecular formula is C11H21N3O2S. The van der Waals surface area contributed by atoms with Gasteiger partial charge in [-0.1, -0.05) is 19.3 Å². The largest absolute Gasteiger partial charge is 0.278 e. The van der Waals surface area contributed by atoms with Gasteiger partial charge >= 0.3 is 0 Å². The van der Waals surface area contributed by atoms with Crippen molar-refractivity contribution in [3.8, 4) is 6.07 Å². The number of hydrogen-bond donors (Lipinski definition) is 2. The molecule has 0 amide bonds. The highest BCUT2D eigenvalue weighted by atomic mass is 32.2. The van der Waals surface area contributed by atoms with E-state index in [4.69, 9.17) is 0 Å². The quantitative estimate of drug-likeness (QED) is 0.804. The van der Waals surface area contributed by atoms with Gasteiger partial charge in [0.05, 0.1) is 6.07 Å². The Bertz CT molecular complexity index is 397. The van der Waals surface area contributed by atoms with Crippen molar-refractivity contribution in [3.63, 3.8) is 0 Å². The molecule has 0 unspecified atom stereocenters. The van der Waals surface area contributed by atoms with E-state index in [0.29, 0.717) is 12.8 Å². The summed E-state index contributed by atoms with van der Waals surface area (Å²) in [5.74, 6) is 0. The second kappa shape index (κ2) is 4.92. The molecule has 2 N–H and O–H groups in total. The third-order valence-corrected chi connectivity index (χ3v) is 4.23. The summed E-state index contributed by atoms with van der Waals surface area (Å²) in [7, 11) is -3.63. The third kappa shape index (κ3) is 4.62. The van der Waals surface area contributed by atoms with E-state index in [9.17, 15) is 13.7 Å². The average molecular weight is 259 g/mol. The lowest BCUT2D eigenvalue weighted by molar-refractivity contribution is 0.334. The number of nitriles is 1. The minimum atomic E-state index is -3.63. The van der Waals surface area contributed by atoms with E-state index >= 15 is 0 Å². The number of nitrogens with one attached hydrogen (secondary N) is 2. The van der Waals surface area contributed by atoms with Crippen LogP contribution >= 0.6 is 0 Å². The first-order chi connectivity index (χ1) is 7.68. The van der Waals surface area contributed by atoms with Crippen LogP contribution in [0.3, 0.4) is 0 Å². The van der Waals surface area contributed by atoms with Crippen molar-refractivity contribution in [1.29, 1.82) is 5.26 Å². The third-order valence-electron chi connectivity index (χ3n) is 2.69. The molecule has 1 fully saturated rings. The molecule has 98 valence electrons. The fourth-order valence-corrected chi connectivity index (χ4v) is 3.70. The maximum Gasteiger partial charge on any atom is 0.278 e. The maximum atomic E-state index is 11.9. The Morgan fingerprint density at radius 1 is 1.18 bits per heavy atom. The summed E-state index contributed by atoms with van der Waals surface area (Å²) < 4.78 is 28.8. The molecule has 1 aliphatic carbocycles. The first-order valence-electron chi connectivity index (χ1n) is 5.92. The molecule has 17 heavy (non-hydrogen) atoms. The summed E-state index contributed by atoms with van der Waals surface area (Å²) in [5, 5.41) is 9.20. The Hall–Kier alpha value is -0.640. The minimum Gasteiger partial charge on any atom is -0.197 e. The van der Waals surface area contributed by atoms with E-state index in [1.54, 1.807) is 20.8 Å². The Morgan fingerprint density at radius 2 is 1.71 bits per heavy atom. The molecule has 0 spiro atoms. The molecular weight excluding hydrogens is 238 g/mol.